The molecule has 0 unspecified atom stereocenters. The Morgan fingerprint density at radius 2 is 1.52 bits per heavy atom. The number of rotatable bonds is 14. The van der Waals surface area contributed by atoms with Gasteiger partial charge in [0.2, 0.25) is 9.84 Å². The highest BCUT2D eigenvalue weighted by Crippen LogP contribution is 2.32. The van der Waals surface area contributed by atoms with Crippen LogP contribution in [0.15, 0.2) is 57.2 Å². The molecule has 0 aliphatic heterocycles. The number of amides is 1. The summed E-state index contributed by atoms with van der Waals surface area (Å²) in [5.41, 5.74) is -0.314. The molecule has 180 valence electrons. The number of benzene rings is 2. The molecule has 0 heterocycles. The van der Waals surface area contributed by atoms with Gasteiger partial charge >= 0.3 is 5.97 Å². The summed E-state index contributed by atoms with van der Waals surface area (Å²) in [6.07, 6.45) is 9.23. The number of aromatic carboxylic acids is 1. The van der Waals surface area contributed by atoms with E-state index in [4.69, 9.17) is 0 Å². The van der Waals surface area contributed by atoms with E-state index in [1.54, 1.807) is 18.2 Å². The van der Waals surface area contributed by atoms with E-state index in [1.807, 2.05) is 0 Å². The number of hydrogen-bond donors (Lipinski definition) is 2. The van der Waals surface area contributed by atoms with Crippen molar-refractivity contribution in [1.82, 2.24) is 5.32 Å². The monoisotopic (exact) mass is 491 g/mol. The van der Waals surface area contributed by atoms with Crippen LogP contribution in [0.1, 0.15) is 79.0 Å². The van der Waals surface area contributed by atoms with Crippen molar-refractivity contribution in [3.8, 4) is 0 Å². The average molecular weight is 492 g/mol. The molecule has 2 N–H and O–H groups in total. The van der Waals surface area contributed by atoms with Gasteiger partial charge in [-0.05, 0) is 36.4 Å². The van der Waals surface area contributed by atoms with E-state index in [2.05, 4.69) is 12.2 Å². The van der Waals surface area contributed by atoms with Crippen molar-refractivity contribution in [3.63, 3.8) is 0 Å². The molecule has 0 fully saturated rings. The molecule has 1 amide bonds. The lowest BCUT2D eigenvalue weighted by Crippen LogP contribution is -2.22. The summed E-state index contributed by atoms with van der Waals surface area (Å²) < 4.78 is 26.3. The number of unbranched alkanes of at least 4 members (excludes halogenated alkanes) is 7. The zero-order valence-corrected chi connectivity index (χ0v) is 20.9. The molecule has 33 heavy (non-hydrogen) atoms. The molecule has 6 nitrogen and oxygen atoms in total. The summed E-state index contributed by atoms with van der Waals surface area (Å²) >= 11 is 1.29. The highest BCUT2D eigenvalue weighted by molar-refractivity contribution is 7.99. The van der Waals surface area contributed by atoms with Crippen LogP contribution in [0.25, 0.3) is 0 Å². The minimum atomic E-state index is -3.90. The van der Waals surface area contributed by atoms with Gasteiger partial charge in [0.15, 0.2) is 0 Å². The maximum Gasteiger partial charge on any atom is 0.337 e. The first-order chi connectivity index (χ1) is 15.8. The molecule has 0 spiro atoms. The first-order valence-electron chi connectivity index (χ1n) is 11.4. The Bertz CT molecular complexity index is 1040. The van der Waals surface area contributed by atoms with Crippen molar-refractivity contribution < 1.29 is 23.1 Å². The van der Waals surface area contributed by atoms with E-state index in [-0.39, 0.29) is 20.9 Å². The van der Waals surface area contributed by atoms with Crippen molar-refractivity contribution in [1.29, 1.82) is 0 Å². The van der Waals surface area contributed by atoms with Gasteiger partial charge in [-0.3, -0.25) is 4.79 Å². The predicted molar refractivity (Wildman–Crippen MR) is 132 cm³/mol. The summed E-state index contributed by atoms with van der Waals surface area (Å²) in [5.74, 6) is -1.24. The molecular weight excluding hydrogens is 458 g/mol. The summed E-state index contributed by atoms with van der Waals surface area (Å²) in [6.45, 7) is 2.19. The molecule has 0 saturated heterocycles. The number of sulfone groups is 1. The van der Waals surface area contributed by atoms with E-state index < -0.39 is 21.7 Å². The molecular formula is C25H33NO5S2. The van der Waals surface area contributed by atoms with Gasteiger partial charge in [-0.25, -0.2) is 13.2 Å². The lowest BCUT2D eigenvalue weighted by Gasteiger charge is -2.14. The van der Waals surface area contributed by atoms with E-state index in [0.29, 0.717) is 10.6 Å². The summed E-state index contributed by atoms with van der Waals surface area (Å²) in [5, 5.41) is 12.2. The fraction of sp³-hybridized carbons (Fsp3) is 0.440. The summed E-state index contributed by atoms with van der Waals surface area (Å²) in [4.78, 5) is 24.8. The fourth-order valence-electron chi connectivity index (χ4n) is 3.55. The SMILES string of the molecule is CCCCCCCCCCSc1cc(S(=O)(=O)c2ccccc2)cc(C(=O)NC)c1C(=O)O. The van der Waals surface area contributed by atoms with E-state index >= 15 is 0 Å². The van der Waals surface area contributed by atoms with Crippen molar-refractivity contribution in [2.75, 3.05) is 12.8 Å². The Hall–Kier alpha value is -2.32. The summed E-state index contributed by atoms with van der Waals surface area (Å²) in [7, 11) is -2.52. The number of thioether (sulfide) groups is 1. The second kappa shape index (κ2) is 13.4. The van der Waals surface area contributed by atoms with E-state index in [0.717, 1.165) is 25.3 Å². The lowest BCUT2D eigenvalue weighted by molar-refractivity contribution is 0.0687. The van der Waals surface area contributed by atoms with Gasteiger partial charge in [-0.15, -0.1) is 11.8 Å². The topological polar surface area (TPSA) is 101 Å². The zero-order valence-electron chi connectivity index (χ0n) is 19.3. The van der Waals surface area contributed by atoms with Crippen molar-refractivity contribution in [3.05, 3.63) is 53.6 Å². The van der Waals surface area contributed by atoms with Crippen LogP contribution in [-0.2, 0) is 9.84 Å². The number of carboxylic acid groups (broad SMARTS) is 1. The standard InChI is InChI=1S/C25H33NO5S2/c1-3-4-5-6-7-8-9-13-16-32-22-18-20(33(30,31)19-14-11-10-12-15-19)17-21(24(27)26-2)23(22)25(28)29/h10-12,14-15,17-18H,3-9,13,16H2,1-2H3,(H,26,27)(H,28,29). The first kappa shape index (κ1) is 26.9. The van der Waals surface area contributed by atoms with Gasteiger partial charge in [0, 0.05) is 11.9 Å². The van der Waals surface area contributed by atoms with Crippen LogP contribution in [-0.4, -0.2) is 38.2 Å². The third kappa shape index (κ3) is 7.61. The van der Waals surface area contributed by atoms with Crippen LogP contribution >= 0.6 is 11.8 Å². The Morgan fingerprint density at radius 3 is 2.09 bits per heavy atom. The van der Waals surface area contributed by atoms with Crippen LogP contribution in [0.2, 0.25) is 0 Å². The molecule has 0 bridgehead atoms. The molecule has 0 aliphatic carbocycles. The zero-order chi connectivity index (χ0) is 24.3. The maximum absolute atomic E-state index is 13.2. The molecule has 0 atom stereocenters. The Labute approximate surface area is 201 Å². The van der Waals surface area contributed by atoms with Gasteiger partial charge in [0.1, 0.15) is 0 Å². The minimum absolute atomic E-state index is 0.0873. The van der Waals surface area contributed by atoms with Gasteiger partial charge in [-0.2, -0.15) is 0 Å². The first-order valence-corrected chi connectivity index (χ1v) is 13.9. The van der Waals surface area contributed by atoms with E-state index in [9.17, 15) is 23.1 Å². The number of hydrogen-bond acceptors (Lipinski definition) is 5. The summed E-state index contributed by atoms with van der Waals surface area (Å²) in [6, 6.07) is 10.5. The van der Waals surface area contributed by atoms with Crippen LogP contribution in [0, 0.1) is 0 Å². The van der Waals surface area contributed by atoms with Gasteiger partial charge in [0.05, 0.1) is 20.9 Å². The smallest absolute Gasteiger partial charge is 0.337 e. The molecule has 2 rings (SSSR count). The van der Waals surface area contributed by atoms with E-state index in [1.165, 1.54) is 69.1 Å². The highest BCUT2D eigenvalue weighted by Gasteiger charge is 2.26. The molecule has 0 radical (unpaired) electrons. The molecule has 0 aliphatic rings. The van der Waals surface area contributed by atoms with Crippen molar-refractivity contribution >= 4 is 33.5 Å². The number of nitrogens with one attached hydrogen (secondary N) is 1. The third-order valence-corrected chi connectivity index (χ3v) is 8.26. The third-order valence-electron chi connectivity index (χ3n) is 5.38. The normalized spacial score (nSPS) is 11.3. The van der Waals surface area contributed by atoms with Crippen LogP contribution in [0.3, 0.4) is 0 Å². The Kier molecular flexibility index (Phi) is 10.9. The maximum atomic E-state index is 13.2. The fourth-order valence-corrected chi connectivity index (χ4v) is 6.08. The molecule has 8 heteroatoms. The van der Waals surface area contributed by atoms with Gasteiger partial charge in [0.25, 0.3) is 5.91 Å². The predicted octanol–water partition coefficient (Wildman–Crippen LogP) is 5.81. The lowest BCUT2D eigenvalue weighted by atomic mass is 10.1. The Balaban J connectivity index is 2.26. The van der Waals surface area contributed by atoms with Gasteiger partial charge in [-0.1, -0.05) is 70.1 Å². The Morgan fingerprint density at radius 1 is 0.909 bits per heavy atom. The van der Waals surface area contributed by atoms with Crippen molar-refractivity contribution in [2.45, 2.75) is 73.0 Å². The van der Waals surface area contributed by atoms with Gasteiger partial charge < -0.3 is 10.4 Å². The number of carbonyl (C=O) groups is 2. The second-order valence-corrected chi connectivity index (χ2v) is 11.0. The molecule has 2 aromatic carbocycles. The number of carbonyl (C=O) groups excluding carboxylic acids is 1. The van der Waals surface area contributed by atoms with Crippen molar-refractivity contribution in [2.24, 2.45) is 0 Å². The van der Waals surface area contributed by atoms with Crippen LogP contribution < -0.4 is 5.32 Å². The molecule has 0 saturated carbocycles. The molecule has 2 aromatic rings. The quantitative estimate of drug-likeness (QED) is 0.255. The number of carboxylic acids is 1. The minimum Gasteiger partial charge on any atom is -0.478 e. The second-order valence-electron chi connectivity index (χ2n) is 7.87. The van der Waals surface area contributed by atoms with Crippen LogP contribution in [0.4, 0.5) is 0 Å². The van der Waals surface area contributed by atoms with Crippen LogP contribution in [0.5, 0.6) is 0 Å². The highest BCUT2D eigenvalue weighted by atomic mass is 32.2. The largest absolute Gasteiger partial charge is 0.478 e. The molecule has 0 aromatic heterocycles. The average Bonchev–Trinajstić information content (AvgIpc) is 2.82.